The minimum absolute atomic E-state index is 0. The second-order valence-electron chi connectivity index (χ2n) is 8.11. The van der Waals surface area contributed by atoms with Gasteiger partial charge in [0.25, 0.3) is 11.8 Å². The monoisotopic (exact) mass is 412 g/mol. The Morgan fingerprint density at radius 2 is 1.90 bits per heavy atom. The van der Waals surface area contributed by atoms with Crippen molar-refractivity contribution >= 4 is 18.3 Å². The molecule has 0 saturated carbocycles. The predicted octanol–water partition coefficient (Wildman–Crippen LogP) is 3.99. The molecule has 1 aromatic heterocycles. The van der Waals surface area contributed by atoms with Crippen LogP contribution in [0.4, 0.5) is 0 Å². The lowest BCUT2D eigenvalue weighted by molar-refractivity contribution is 0.0951. The van der Waals surface area contributed by atoms with Crippen LogP contribution in [0.25, 0.3) is 11.5 Å². The molecular formula is C22H25ClN4O2. The van der Waals surface area contributed by atoms with Crippen molar-refractivity contribution in [3.8, 4) is 11.5 Å². The number of aromatic nitrogens is 2. The zero-order valence-corrected chi connectivity index (χ0v) is 17.6. The number of rotatable bonds is 4. The zero-order valence-electron chi connectivity index (χ0n) is 16.8. The van der Waals surface area contributed by atoms with E-state index >= 15 is 0 Å². The Bertz CT molecular complexity index is 1020. The van der Waals surface area contributed by atoms with E-state index in [1.54, 1.807) is 6.07 Å². The van der Waals surface area contributed by atoms with Crippen molar-refractivity contribution in [2.75, 3.05) is 0 Å². The summed E-state index contributed by atoms with van der Waals surface area (Å²) in [5, 5.41) is 10.4. The molecule has 0 bridgehead atoms. The van der Waals surface area contributed by atoms with E-state index in [1.807, 2.05) is 39.0 Å². The molecule has 7 heteroatoms. The summed E-state index contributed by atoms with van der Waals surface area (Å²) in [6.45, 7) is 8.33. The fraction of sp³-hybridized carbons (Fsp3) is 0.318. The first kappa shape index (κ1) is 21.0. The highest BCUT2D eigenvalue weighted by atomic mass is 35.5. The van der Waals surface area contributed by atoms with Gasteiger partial charge in [-0.1, -0.05) is 56.3 Å². The number of fused-ring (bicyclic) bond motifs is 1. The van der Waals surface area contributed by atoms with Gasteiger partial charge < -0.3 is 15.2 Å². The molecule has 0 spiro atoms. The molecule has 152 valence electrons. The van der Waals surface area contributed by atoms with E-state index in [4.69, 9.17) is 4.52 Å². The third kappa shape index (κ3) is 4.49. The molecule has 29 heavy (non-hydrogen) atoms. The summed E-state index contributed by atoms with van der Waals surface area (Å²) in [5.41, 5.74) is 4.65. The van der Waals surface area contributed by atoms with E-state index < -0.39 is 0 Å². The van der Waals surface area contributed by atoms with E-state index in [-0.39, 0.29) is 23.7 Å². The lowest BCUT2D eigenvalue weighted by atomic mass is 9.96. The molecule has 0 fully saturated rings. The lowest BCUT2D eigenvalue weighted by Gasteiger charge is -2.11. The standard InChI is InChI=1S/C22H24N4O2.ClH/c1-22(2,3)21-25-20(28-26-21)18-7-5-4-6-17(18)19(27)24-11-14-8-9-15-12-23-13-16(15)10-14;/h4-10,23H,11-13H2,1-3H3,(H,24,27);1H. The van der Waals surface area contributed by atoms with Crippen LogP contribution in [0.3, 0.4) is 0 Å². The topological polar surface area (TPSA) is 80.0 Å². The quantitative estimate of drug-likeness (QED) is 0.677. The van der Waals surface area contributed by atoms with Gasteiger partial charge in [-0.05, 0) is 28.8 Å². The Kier molecular flexibility index (Phi) is 6.05. The SMILES string of the molecule is CC(C)(C)c1noc(-c2ccccc2C(=O)NCc2ccc3c(c2)CNC3)n1.Cl. The Morgan fingerprint density at radius 3 is 2.66 bits per heavy atom. The molecular weight excluding hydrogens is 388 g/mol. The molecule has 6 nitrogen and oxygen atoms in total. The number of amides is 1. The Labute approximate surface area is 176 Å². The van der Waals surface area contributed by atoms with E-state index in [0.717, 1.165) is 18.7 Å². The highest BCUT2D eigenvalue weighted by Crippen LogP contribution is 2.26. The van der Waals surface area contributed by atoms with Gasteiger partial charge >= 0.3 is 0 Å². The summed E-state index contributed by atoms with van der Waals surface area (Å²) in [5.74, 6) is 0.813. The van der Waals surface area contributed by atoms with Crippen molar-refractivity contribution < 1.29 is 9.32 Å². The van der Waals surface area contributed by atoms with Crippen molar-refractivity contribution in [3.63, 3.8) is 0 Å². The number of carbonyl (C=O) groups excluding carboxylic acids is 1. The summed E-state index contributed by atoms with van der Waals surface area (Å²) in [4.78, 5) is 17.3. The molecule has 2 aromatic carbocycles. The first-order valence-electron chi connectivity index (χ1n) is 9.45. The molecule has 0 aliphatic carbocycles. The maximum Gasteiger partial charge on any atom is 0.258 e. The summed E-state index contributed by atoms with van der Waals surface area (Å²) in [7, 11) is 0. The number of hydrogen-bond acceptors (Lipinski definition) is 5. The van der Waals surface area contributed by atoms with Crippen molar-refractivity contribution in [2.24, 2.45) is 0 Å². The Balaban J connectivity index is 0.00000240. The molecule has 4 rings (SSSR count). The molecule has 0 atom stereocenters. The Hall–Kier alpha value is -2.70. The third-order valence-corrected chi connectivity index (χ3v) is 4.85. The van der Waals surface area contributed by atoms with Gasteiger partial charge in [0, 0.05) is 25.0 Å². The van der Waals surface area contributed by atoms with E-state index in [2.05, 4.69) is 39.0 Å². The highest BCUT2D eigenvalue weighted by molar-refractivity contribution is 5.99. The summed E-state index contributed by atoms with van der Waals surface area (Å²) >= 11 is 0. The minimum Gasteiger partial charge on any atom is -0.348 e. The second-order valence-corrected chi connectivity index (χ2v) is 8.11. The summed E-state index contributed by atoms with van der Waals surface area (Å²) in [6, 6.07) is 13.6. The average Bonchev–Trinajstić information content (AvgIpc) is 3.34. The van der Waals surface area contributed by atoms with Crippen molar-refractivity contribution in [1.82, 2.24) is 20.8 Å². The van der Waals surface area contributed by atoms with Crippen molar-refractivity contribution in [1.29, 1.82) is 0 Å². The fourth-order valence-corrected chi connectivity index (χ4v) is 3.24. The van der Waals surface area contributed by atoms with Gasteiger partial charge in [0.15, 0.2) is 5.82 Å². The number of hydrogen-bond donors (Lipinski definition) is 2. The van der Waals surface area contributed by atoms with E-state index in [1.165, 1.54) is 11.1 Å². The van der Waals surface area contributed by atoms with Crippen LogP contribution in [0.1, 0.15) is 53.6 Å². The average molecular weight is 413 g/mol. The van der Waals surface area contributed by atoms with E-state index in [0.29, 0.717) is 29.4 Å². The van der Waals surface area contributed by atoms with Crippen LogP contribution in [0.5, 0.6) is 0 Å². The first-order chi connectivity index (χ1) is 13.4. The number of benzene rings is 2. The van der Waals surface area contributed by atoms with Gasteiger partial charge in [-0.3, -0.25) is 4.79 Å². The summed E-state index contributed by atoms with van der Waals surface area (Å²) < 4.78 is 5.43. The number of halogens is 1. The van der Waals surface area contributed by atoms with Crippen LogP contribution in [0.15, 0.2) is 47.0 Å². The molecule has 2 heterocycles. The maximum absolute atomic E-state index is 12.8. The van der Waals surface area contributed by atoms with Gasteiger partial charge in [0.05, 0.1) is 11.1 Å². The Morgan fingerprint density at radius 1 is 1.14 bits per heavy atom. The lowest BCUT2D eigenvalue weighted by Crippen LogP contribution is -2.23. The smallest absolute Gasteiger partial charge is 0.258 e. The summed E-state index contributed by atoms with van der Waals surface area (Å²) in [6.07, 6.45) is 0. The second kappa shape index (κ2) is 8.35. The van der Waals surface area contributed by atoms with E-state index in [9.17, 15) is 4.79 Å². The molecule has 1 aliphatic heterocycles. The molecule has 1 amide bonds. The van der Waals surface area contributed by atoms with Crippen LogP contribution >= 0.6 is 12.4 Å². The van der Waals surface area contributed by atoms with Gasteiger partial charge in [0.2, 0.25) is 0 Å². The van der Waals surface area contributed by atoms with Crippen LogP contribution in [-0.4, -0.2) is 16.0 Å². The minimum atomic E-state index is -0.221. The van der Waals surface area contributed by atoms with Crippen LogP contribution in [0.2, 0.25) is 0 Å². The maximum atomic E-state index is 12.8. The fourth-order valence-electron chi connectivity index (χ4n) is 3.24. The first-order valence-corrected chi connectivity index (χ1v) is 9.45. The normalized spacial score (nSPS) is 12.9. The van der Waals surface area contributed by atoms with Gasteiger partial charge in [0.1, 0.15) is 0 Å². The molecule has 0 radical (unpaired) electrons. The molecule has 1 aliphatic rings. The molecule has 2 N–H and O–H groups in total. The largest absolute Gasteiger partial charge is 0.348 e. The molecule has 3 aromatic rings. The van der Waals surface area contributed by atoms with Gasteiger partial charge in [-0.2, -0.15) is 4.98 Å². The van der Waals surface area contributed by atoms with Gasteiger partial charge in [-0.25, -0.2) is 0 Å². The number of carbonyl (C=O) groups is 1. The zero-order chi connectivity index (χ0) is 19.7. The van der Waals surface area contributed by atoms with Gasteiger partial charge in [-0.15, -0.1) is 12.4 Å². The highest BCUT2D eigenvalue weighted by Gasteiger charge is 2.23. The van der Waals surface area contributed by atoms with Crippen LogP contribution in [-0.2, 0) is 25.0 Å². The number of nitrogens with one attached hydrogen (secondary N) is 2. The van der Waals surface area contributed by atoms with Crippen LogP contribution in [0, 0.1) is 0 Å². The van der Waals surface area contributed by atoms with Crippen molar-refractivity contribution in [2.45, 2.75) is 45.8 Å². The van der Waals surface area contributed by atoms with Crippen molar-refractivity contribution in [3.05, 3.63) is 70.5 Å². The predicted molar refractivity (Wildman–Crippen MR) is 114 cm³/mol. The number of nitrogens with zero attached hydrogens (tertiary/aromatic N) is 2. The molecule has 0 unspecified atom stereocenters. The van der Waals surface area contributed by atoms with Crippen LogP contribution < -0.4 is 10.6 Å². The molecule has 0 saturated heterocycles. The third-order valence-electron chi connectivity index (χ3n) is 4.85.